The Kier molecular flexibility index (Phi) is 5.04. The summed E-state index contributed by atoms with van der Waals surface area (Å²) in [5, 5.41) is 14.7. The van der Waals surface area contributed by atoms with Crippen LogP contribution < -0.4 is 5.32 Å². The van der Waals surface area contributed by atoms with Gasteiger partial charge in [0.1, 0.15) is 0 Å². The molecule has 0 radical (unpaired) electrons. The fourth-order valence-electron chi connectivity index (χ4n) is 2.81. The van der Waals surface area contributed by atoms with Crippen LogP contribution >= 0.6 is 11.6 Å². The van der Waals surface area contributed by atoms with Gasteiger partial charge in [0.25, 0.3) is 0 Å². The first-order valence-electron chi connectivity index (χ1n) is 6.91. The number of benzene rings is 1. The molecular formula is C15H22ClNO. The monoisotopic (exact) mass is 267 g/mol. The lowest BCUT2D eigenvalue weighted by Crippen LogP contribution is -2.45. The molecule has 2 N–H and O–H groups in total. The lowest BCUT2D eigenvalue weighted by atomic mass is 9.90. The maximum Gasteiger partial charge on any atom is 0.0957 e. The van der Waals surface area contributed by atoms with Crippen molar-refractivity contribution >= 4 is 11.6 Å². The lowest BCUT2D eigenvalue weighted by Gasteiger charge is -2.34. The molecule has 1 aromatic rings. The van der Waals surface area contributed by atoms with E-state index in [4.69, 9.17) is 11.6 Å². The highest BCUT2D eigenvalue weighted by Crippen LogP contribution is 2.29. The van der Waals surface area contributed by atoms with Crippen LogP contribution in [-0.2, 0) is 0 Å². The fraction of sp³-hybridized carbons (Fsp3) is 0.600. The van der Waals surface area contributed by atoms with E-state index in [0.29, 0.717) is 11.1 Å². The number of rotatable bonds is 4. The number of halogens is 1. The quantitative estimate of drug-likeness (QED) is 0.872. The summed E-state index contributed by atoms with van der Waals surface area (Å²) in [6, 6.07) is 8.26. The van der Waals surface area contributed by atoms with Crippen molar-refractivity contribution in [1.29, 1.82) is 0 Å². The Bertz CT molecular complexity index is 381. The van der Waals surface area contributed by atoms with Crippen LogP contribution in [0.1, 0.15) is 50.7 Å². The highest BCUT2D eigenvalue weighted by molar-refractivity contribution is 6.31. The normalized spacial score (nSPS) is 25.9. The van der Waals surface area contributed by atoms with Crippen molar-refractivity contribution in [2.24, 2.45) is 0 Å². The van der Waals surface area contributed by atoms with E-state index in [1.807, 2.05) is 24.3 Å². The maximum atomic E-state index is 10.5. The molecule has 1 aliphatic rings. The molecule has 0 aliphatic carbocycles. The van der Waals surface area contributed by atoms with Crippen LogP contribution in [0.4, 0.5) is 0 Å². The van der Waals surface area contributed by atoms with Crippen molar-refractivity contribution in [2.75, 3.05) is 0 Å². The third-order valence-corrected chi connectivity index (χ3v) is 4.10. The largest absolute Gasteiger partial charge is 0.387 e. The molecular weight excluding hydrogens is 246 g/mol. The van der Waals surface area contributed by atoms with E-state index in [-0.39, 0.29) is 6.04 Å². The molecule has 100 valence electrons. The zero-order chi connectivity index (χ0) is 13.0. The molecule has 3 unspecified atom stereocenters. The molecule has 2 rings (SSSR count). The van der Waals surface area contributed by atoms with Gasteiger partial charge < -0.3 is 10.4 Å². The number of piperidine rings is 1. The summed E-state index contributed by atoms with van der Waals surface area (Å²) in [6.45, 7) is 2.20. The molecule has 0 spiro atoms. The predicted molar refractivity (Wildman–Crippen MR) is 75.9 cm³/mol. The van der Waals surface area contributed by atoms with E-state index in [0.717, 1.165) is 12.0 Å². The van der Waals surface area contributed by atoms with Crippen molar-refractivity contribution in [3.05, 3.63) is 34.9 Å². The Morgan fingerprint density at radius 1 is 1.39 bits per heavy atom. The second-order valence-corrected chi connectivity index (χ2v) is 5.56. The lowest BCUT2D eigenvalue weighted by molar-refractivity contribution is 0.0999. The van der Waals surface area contributed by atoms with E-state index in [2.05, 4.69) is 12.2 Å². The zero-order valence-electron chi connectivity index (χ0n) is 10.9. The van der Waals surface area contributed by atoms with Gasteiger partial charge in [-0.15, -0.1) is 0 Å². The first-order chi connectivity index (χ1) is 8.72. The number of aliphatic hydroxyl groups is 1. The van der Waals surface area contributed by atoms with Crippen LogP contribution in [0, 0.1) is 0 Å². The van der Waals surface area contributed by atoms with Gasteiger partial charge in [0, 0.05) is 22.7 Å². The molecule has 1 heterocycles. The minimum Gasteiger partial charge on any atom is -0.387 e. The van der Waals surface area contributed by atoms with Gasteiger partial charge in [-0.25, -0.2) is 0 Å². The summed E-state index contributed by atoms with van der Waals surface area (Å²) < 4.78 is 0. The number of hydrogen-bond acceptors (Lipinski definition) is 2. The van der Waals surface area contributed by atoms with Crippen molar-refractivity contribution in [3.8, 4) is 0 Å². The summed E-state index contributed by atoms with van der Waals surface area (Å²) in [5.74, 6) is 0. The minimum absolute atomic E-state index is 0.134. The Morgan fingerprint density at radius 2 is 2.17 bits per heavy atom. The van der Waals surface area contributed by atoms with Crippen LogP contribution in [0.5, 0.6) is 0 Å². The van der Waals surface area contributed by atoms with Gasteiger partial charge in [0.2, 0.25) is 0 Å². The Labute approximate surface area is 114 Å². The van der Waals surface area contributed by atoms with Gasteiger partial charge in [-0.05, 0) is 25.3 Å². The molecule has 1 saturated heterocycles. The number of nitrogens with one attached hydrogen (secondary N) is 1. The van der Waals surface area contributed by atoms with Crippen molar-refractivity contribution in [3.63, 3.8) is 0 Å². The maximum absolute atomic E-state index is 10.5. The third kappa shape index (κ3) is 3.25. The molecule has 0 bridgehead atoms. The van der Waals surface area contributed by atoms with Crippen LogP contribution in [-0.4, -0.2) is 17.2 Å². The first kappa shape index (κ1) is 13.9. The molecule has 0 saturated carbocycles. The standard InChI is InChI=1S/C15H22ClNO/c1-2-6-11-7-5-10-14(17-11)15(18)12-8-3-4-9-13(12)16/h3-4,8-9,11,14-15,17-18H,2,5-7,10H2,1H3. The van der Waals surface area contributed by atoms with Gasteiger partial charge in [0.15, 0.2) is 0 Å². The number of hydrogen-bond donors (Lipinski definition) is 2. The number of aliphatic hydroxyl groups excluding tert-OH is 1. The second kappa shape index (κ2) is 6.55. The van der Waals surface area contributed by atoms with Crippen LogP contribution in [0.2, 0.25) is 5.02 Å². The molecule has 3 atom stereocenters. The fourth-order valence-corrected chi connectivity index (χ4v) is 3.06. The van der Waals surface area contributed by atoms with Crippen molar-refractivity contribution in [2.45, 2.75) is 57.2 Å². The predicted octanol–water partition coefficient (Wildman–Crippen LogP) is 3.68. The Hall–Kier alpha value is -0.570. The highest BCUT2D eigenvalue weighted by atomic mass is 35.5. The summed E-state index contributed by atoms with van der Waals surface area (Å²) >= 11 is 6.15. The molecule has 1 fully saturated rings. The van der Waals surface area contributed by atoms with Crippen LogP contribution in [0.3, 0.4) is 0 Å². The van der Waals surface area contributed by atoms with Crippen LogP contribution in [0.25, 0.3) is 0 Å². The smallest absolute Gasteiger partial charge is 0.0957 e. The second-order valence-electron chi connectivity index (χ2n) is 5.16. The van der Waals surface area contributed by atoms with Gasteiger partial charge in [-0.1, -0.05) is 49.6 Å². The van der Waals surface area contributed by atoms with Crippen LogP contribution in [0.15, 0.2) is 24.3 Å². The third-order valence-electron chi connectivity index (χ3n) is 3.76. The Morgan fingerprint density at radius 3 is 2.89 bits per heavy atom. The van der Waals surface area contributed by atoms with E-state index < -0.39 is 6.10 Å². The molecule has 18 heavy (non-hydrogen) atoms. The van der Waals surface area contributed by atoms with E-state index >= 15 is 0 Å². The van der Waals surface area contributed by atoms with E-state index in [1.54, 1.807) is 0 Å². The van der Waals surface area contributed by atoms with E-state index in [9.17, 15) is 5.11 Å². The topological polar surface area (TPSA) is 32.3 Å². The van der Waals surface area contributed by atoms with Gasteiger partial charge in [-0.2, -0.15) is 0 Å². The van der Waals surface area contributed by atoms with Crippen molar-refractivity contribution in [1.82, 2.24) is 5.32 Å². The first-order valence-corrected chi connectivity index (χ1v) is 7.28. The Balaban J connectivity index is 2.04. The summed E-state index contributed by atoms with van der Waals surface area (Å²) in [5.41, 5.74) is 0.841. The van der Waals surface area contributed by atoms with Gasteiger partial charge in [0.05, 0.1) is 6.10 Å². The van der Waals surface area contributed by atoms with Crippen molar-refractivity contribution < 1.29 is 5.11 Å². The summed E-state index contributed by atoms with van der Waals surface area (Å²) in [4.78, 5) is 0. The van der Waals surface area contributed by atoms with Gasteiger partial charge in [-0.3, -0.25) is 0 Å². The zero-order valence-corrected chi connectivity index (χ0v) is 11.7. The molecule has 0 amide bonds. The molecule has 0 aromatic heterocycles. The SMILES string of the molecule is CCCC1CCCC(C(O)c2ccccc2Cl)N1. The molecule has 2 nitrogen and oxygen atoms in total. The van der Waals surface area contributed by atoms with E-state index in [1.165, 1.54) is 25.7 Å². The summed E-state index contributed by atoms with van der Waals surface area (Å²) in [6.07, 6.45) is 5.30. The highest BCUT2D eigenvalue weighted by Gasteiger charge is 2.27. The minimum atomic E-state index is -0.502. The average molecular weight is 268 g/mol. The molecule has 3 heteroatoms. The molecule has 1 aliphatic heterocycles. The van der Waals surface area contributed by atoms with Gasteiger partial charge >= 0.3 is 0 Å². The average Bonchev–Trinajstić information content (AvgIpc) is 2.39. The molecule has 1 aromatic carbocycles. The summed E-state index contributed by atoms with van der Waals surface area (Å²) in [7, 11) is 0.